The zero-order chi connectivity index (χ0) is 17.3. The Kier molecular flexibility index (Phi) is 4.82. The molecule has 1 aromatic carbocycles. The monoisotopic (exact) mass is 352 g/mol. The lowest BCUT2D eigenvalue weighted by Gasteiger charge is -2.34. The number of carbonyl (C=O) groups is 1. The zero-order valence-electron chi connectivity index (χ0n) is 13.2. The lowest BCUT2D eigenvalue weighted by molar-refractivity contribution is -0.144. The first kappa shape index (κ1) is 16.9. The van der Waals surface area contributed by atoms with Gasteiger partial charge in [-0.3, -0.25) is 9.69 Å². The molecule has 0 amide bonds. The predicted molar refractivity (Wildman–Crippen MR) is 86.5 cm³/mol. The van der Waals surface area contributed by atoms with Crippen LogP contribution in [-0.4, -0.2) is 44.1 Å². The molecule has 0 spiro atoms. The fraction of sp³-hybridized carbons (Fsp3) is 0.438. The predicted octanol–water partition coefficient (Wildman–Crippen LogP) is 2.60. The summed E-state index contributed by atoms with van der Waals surface area (Å²) in [7, 11) is 0. The van der Waals surface area contributed by atoms with E-state index in [0.29, 0.717) is 36.8 Å². The van der Waals surface area contributed by atoms with Gasteiger partial charge < -0.3 is 5.11 Å². The maximum atomic E-state index is 13.1. The van der Waals surface area contributed by atoms with E-state index in [1.165, 1.54) is 16.8 Å². The third-order valence-electron chi connectivity index (χ3n) is 4.17. The van der Waals surface area contributed by atoms with E-state index in [4.69, 9.17) is 11.6 Å². The van der Waals surface area contributed by atoms with Crippen LogP contribution in [0.15, 0.2) is 24.4 Å². The Bertz CT molecular complexity index is 751. The Labute approximate surface area is 143 Å². The zero-order valence-corrected chi connectivity index (χ0v) is 13.9. The normalized spacial score (nSPS) is 21.8. The largest absolute Gasteiger partial charge is 0.481 e. The highest BCUT2D eigenvalue weighted by molar-refractivity contribution is 6.32. The van der Waals surface area contributed by atoms with Crippen molar-refractivity contribution < 1.29 is 14.3 Å². The number of aliphatic carboxylic acids is 1. The highest BCUT2D eigenvalue weighted by Crippen LogP contribution is 2.24. The Morgan fingerprint density at radius 3 is 2.96 bits per heavy atom. The van der Waals surface area contributed by atoms with Crippen LogP contribution in [0.5, 0.6) is 0 Å². The second-order valence-electron chi connectivity index (χ2n) is 6.32. The van der Waals surface area contributed by atoms with Crippen molar-refractivity contribution >= 4 is 17.6 Å². The number of hydrogen-bond acceptors (Lipinski definition) is 4. The number of piperidine rings is 1. The molecule has 2 unspecified atom stereocenters. The van der Waals surface area contributed by atoms with Gasteiger partial charge in [-0.1, -0.05) is 23.7 Å². The second kappa shape index (κ2) is 6.86. The summed E-state index contributed by atoms with van der Waals surface area (Å²) in [6.45, 7) is 3.90. The van der Waals surface area contributed by atoms with E-state index in [1.807, 2.05) is 0 Å². The summed E-state index contributed by atoms with van der Waals surface area (Å²) in [5.74, 6) is -1.20. The summed E-state index contributed by atoms with van der Waals surface area (Å²) < 4.78 is 14.6. The van der Waals surface area contributed by atoms with Crippen LogP contribution in [0.2, 0.25) is 5.02 Å². The molecule has 1 fully saturated rings. The first-order chi connectivity index (χ1) is 11.4. The van der Waals surface area contributed by atoms with Gasteiger partial charge >= 0.3 is 5.97 Å². The summed E-state index contributed by atoms with van der Waals surface area (Å²) >= 11 is 6.03. The number of aromatic nitrogens is 3. The molecular weight excluding hydrogens is 335 g/mol. The van der Waals surface area contributed by atoms with Crippen molar-refractivity contribution in [3.8, 4) is 5.69 Å². The third-order valence-corrected chi connectivity index (χ3v) is 4.47. The summed E-state index contributed by atoms with van der Waals surface area (Å²) in [5, 5.41) is 17.6. The second-order valence-corrected chi connectivity index (χ2v) is 6.73. The Morgan fingerprint density at radius 2 is 2.25 bits per heavy atom. The molecule has 1 aliphatic rings. The fourth-order valence-electron chi connectivity index (χ4n) is 3.15. The van der Waals surface area contributed by atoms with Crippen molar-refractivity contribution in [3.05, 3.63) is 40.9 Å². The molecule has 2 atom stereocenters. The Hall–Kier alpha value is -1.99. The molecule has 3 rings (SSSR count). The van der Waals surface area contributed by atoms with Crippen LogP contribution in [0, 0.1) is 17.7 Å². The SMILES string of the molecule is CC1CC(C(=O)O)CN(Cc2cn(-c3ccc(F)cc3Cl)nn2)C1. The standard InChI is InChI=1S/C16H18ClFN4O2/c1-10-4-11(16(23)24)7-21(6-10)8-13-9-22(20-19-13)15-3-2-12(18)5-14(15)17/h2-3,5,9-11H,4,6-8H2,1H3,(H,23,24). The number of carboxylic acid groups (broad SMARTS) is 1. The molecule has 2 heterocycles. The summed E-state index contributed by atoms with van der Waals surface area (Å²) in [6.07, 6.45) is 2.43. The van der Waals surface area contributed by atoms with Gasteiger partial charge in [0.15, 0.2) is 0 Å². The lowest BCUT2D eigenvalue weighted by atomic mass is 9.90. The fourth-order valence-corrected chi connectivity index (χ4v) is 3.41. The van der Waals surface area contributed by atoms with Gasteiger partial charge in [-0.15, -0.1) is 5.10 Å². The Balaban J connectivity index is 1.73. The molecule has 6 nitrogen and oxygen atoms in total. The van der Waals surface area contributed by atoms with Gasteiger partial charge in [0.1, 0.15) is 5.82 Å². The van der Waals surface area contributed by atoms with Crippen LogP contribution in [0.1, 0.15) is 19.0 Å². The first-order valence-electron chi connectivity index (χ1n) is 7.74. The smallest absolute Gasteiger partial charge is 0.307 e. The minimum Gasteiger partial charge on any atom is -0.481 e. The number of rotatable bonds is 4. The number of hydrogen-bond donors (Lipinski definition) is 1. The van der Waals surface area contributed by atoms with Crippen LogP contribution >= 0.6 is 11.6 Å². The van der Waals surface area contributed by atoms with Crippen molar-refractivity contribution in [1.82, 2.24) is 19.9 Å². The Morgan fingerprint density at radius 1 is 1.46 bits per heavy atom. The lowest BCUT2D eigenvalue weighted by Crippen LogP contribution is -2.42. The van der Waals surface area contributed by atoms with Crippen LogP contribution in [0.4, 0.5) is 4.39 Å². The van der Waals surface area contributed by atoms with Crippen LogP contribution in [0.3, 0.4) is 0 Å². The molecule has 2 aromatic rings. The molecule has 1 aromatic heterocycles. The topological polar surface area (TPSA) is 71.2 Å². The number of carboxylic acids is 1. The van der Waals surface area contributed by atoms with E-state index >= 15 is 0 Å². The molecule has 8 heteroatoms. The minimum atomic E-state index is -0.756. The number of likely N-dealkylation sites (tertiary alicyclic amines) is 1. The van der Waals surface area contributed by atoms with E-state index < -0.39 is 11.8 Å². The highest BCUT2D eigenvalue weighted by atomic mass is 35.5. The molecule has 1 aliphatic heterocycles. The molecule has 1 saturated heterocycles. The molecule has 0 aliphatic carbocycles. The van der Waals surface area contributed by atoms with Crippen molar-refractivity contribution in [1.29, 1.82) is 0 Å². The molecule has 1 N–H and O–H groups in total. The average molecular weight is 353 g/mol. The molecule has 0 bridgehead atoms. The van der Waals surface area contributed by atoms with Crippen LogP contribution < -0.4 is 0 Å². The van der Waals surface area contributed by atoms with Crippen LogP contribution in [0.25, 0.3) is 5.69 Å². The number of benzene rings is 1. The van der Waals surface area contributed by atoms with Gasteiger partial charge in [0.2, 0.25) is 0 Å². The van der Waals surface area contributed by atoms with Crippen molar-refractivity contribution in [2.75, 3.05) is 13.1 Å². The van der Waals surface area contributed by atoms with Crippen molar-refractivity contribution in [2.24, 2.45) is 11.8 Å². The quantitative estimate of drug-likeness (QED) is 0.915. The van der Waals surface area contributed by atoms with E-state index in [2.05, 4.69) is 22.1 Å². The van der Waals surface area contributed by atoms with Gasteiger partial charge in [-0.2, -0.15) is 0 Å². The summed E-state index contributed by atoms with van der Waals surface area (Å²) in [5.41, 5.74) is 1.26. The third kappa shape index (κ3) is 3.73. The van der Waals surface area contributed by atoms with Gasteiger partial charge in [-0.05, 0) is 30.5 Å². The van der Waals surface area contributed by atoms with Crippen molar-refractivity contribution in [2.45, 2.75) is 19.9 Å². The summed E-state index contributed by atoms with van der Waals surface area (Å²) in [4.78, 5) is 13.3. The van der Waals surface area contributed by atoms with Crippen molar-refractivity contribution in [3.63, 3.8) is 0 Å². The highest BCUT2D eigenvalue weighted by Gasteiger charge is 2.29. The average Bonchev–Trinajstić information content (AvgIpc) is 2.94. The van der Waals surface area contributed by atoms with E-state index in [1.54, 1.807) is 12.3 Å². The molecular formula is C16H18ClFN4O2. The molecule has 24 heavy (non-hydrogen) atoms. The van der Waals surface area contributed by atoms with E-state index in [0.717, 1.165) is 6.54 Å². The minimum absolute atomic E-state index is 0.254. The summed E-state index contributed by atoms with van der Waals surface area (Å²) in [6, 6.07) is 4.08. The van der Waals surface area contributed by atoms with Crippen LogP contribution in [-0.2, 0) is 11.3 Å². The van der Waals surface area contributed by atoms with E-state index in [9.17, 15) is 14.3 Å². The number of nitrogens with zero attached hydrogens (tertiary/aromatic N) is 4. The van der Waals surface area contributed by atoms with Gasteiger partial charge in [0.05, 0.1) is 28.5 Å². The maximum Gasteiger partial charge on any atom is 0.307 e. The van der Waals surface area contributed by atoms with E-state index in [-0.39, 0.29) is 10.9 Å². The molecule has 0 saturated carbocycles. The van der Waals surface area contributed by atoms with Gasteiger partial charge in [-0.25, -0.2) is 9.07 Å². The van der Waals surface area contributed by atoms with Gasteiger partial charge in [0.25, 0.3) is 0 Å². The van der Waals surface area contributed by atoms with Gasteiger partial charge in [0, 0.05) is 19.6 Å². The molecule has 128 valence electrons. The maximum absolute atomic E-state index is 13.1. The molecule has 0 radical (unpaired) electrons. The number of halogens is 2. The first-order valence-corrected chi connectivity index (χ1v) is 8.12.